The van der Waals surface area contributed by atoms with Crippen LogP contribution in [0.15, 0.2) is 0 Å². The van der Waals surface area contributed by atoms with Crippen molar-refractivity contribution in [2.75, 3.05) is 6.61 Å². The van der Waals surface area contributed by atoms with Gasteiger partial charge in [0.2, 0.25) is 0 Å². The third-order valence-electron chi connectivity index (χ3n) is 2.26. The van der Waals surface area contributed by atoms with E-state index in [-0.39, 0.29) is 40.0 Å². The van der Waals surface area contributed by atoms with Gasteiger partial charge in [-0.05, 0) is 19.3 Å². The minimum atomic E-state index is -0.464. The number of hydrogen-bond acceptors (Lipinski definition) is 2. The van der Waals surface area contributed by atoms with Gasteiger partial charge in [-0.25, -0.2) is 0 Å². The number of unbranched alkanes of at least 4 members (excludes halogenated alkanes) is 4. The van der Waals surface area contributed by atoms with Gasteiger partial charge < -0.3 is 16.8 Å². The van der Waals surface area contributed by atoms with Gasteiger partial charge in [0, 0.05) is 6.61 Å². The molecule has 0 amide bonds. The summed E-state index contributed by atoms with van der Waals surface area (Å²) in [5, 5.41) is 8.69. The van der Waals surface area contributed by atoms with E-state index in [0.717, 1.165) is 32.3 Å². The first kappa shape index (κ1) is 22.4. The van der Waals surface area contributed by atoms with Crippen molar-refractivity contribution in [2.45, 2.75) is 64.6 Å². The van der Waals surface area contributed by atoms with Gasteiger partial charge in [-0.15, -0.1) is 17.0 Å². The minimum absolute atomic E-state index is 0. The molecular formula is C12H26BrMgO2+. The number of aliphatic hydroxyl groups is 1. The normalized spacial score (nSPS) is 18.6. The first-order chi connectivity index (χ1) is 6.81. The average Bonchev–Trinajstić information content (AvgIpc) is 2.21. The maximum absolute atomic E-state index is 8.69. The Balaban J connectivity index is -0.000000188. The molecular weight excluding hydrogens is 280 g/mol. The van der Waals surface area contributed by atoms with E-state index in [2.05, 4.69) is 13.8 Å². The molecule has 1 saturated heterocycles. The third-order valence-corrected chi connectivity index (χ3v) is 2.26. The second kappa shape index (κ2) is 18.5. The molecule has 0 spiro atoms. The maximum atomic E-state index is 8.69. The van der Waals surface area contributed by atoms with E-state index in [1.54, 1.807) is 0 Å². The minimum Gasteiger partial charge on any atom is -0.368 e. The van der Waals surface area contributed by atoms with Crippen LogP contribution in [0.1, 0.15) is 58.3 Å². The Labute approximate surface area is 127 Å². The van der Waals surface area contributed by atoms with Gasteiger partial charge >= 0.3 is 23.1 Å². The number of rotatable bonds is 4. The molecule has 1 aliphatic rings. The first-order valence-corrected chi connectivity index (χ1v) is 5.90. The Kier molecular flexibility index (Phi) is 25.9. The molecule has 4 heteroatoms. The van der Waals surface area contributed by atoms with Crippen LogP contribution in [0.5, 0.6) is 0 Å². The third kappa shape index (κ3) is 17.6. The fourth-order valence-corrected chi connectivity index (χ4v) is 1.33. The molecule has 0 aromatic carbocycles. The SMILES string of the molecule is Br.OC1CCCCO1.[CH2-]CCCCCC.[Mg+2]. The average molecular weight is 307 g/mol. The summed E-state index contributed by atoms with van der Waals surface area (Å²) in [6.07, 6.45) is 9.09. The summed E-state index contributed by atoms with van der Waals surface area (Å²) in [6, 6.07) is 0. The van der Waals surface area contributed by atoms with Gasteiger partial charge in [-0.2, -0.15) is 6.42 Å². The van der Waals surface area contributed by atoms with Gasteiger partial charge in [-0.1, -0.05) is 32.6 Å². The van der Waals surface area contributed by atoms with E-state index < -0.39 is 6.29 Å². The molecule has 1 atom stereocenters. The molecule has 1 rings (SSSR count). The van der Waals surface area contributed by atoms with Crippen LogP contribution in [0.25, 0.3) is 0 Å². The summed E-state index contributed by atoms with van der Waals surface area (Å²) >= 11 is 0. The fourth-order valence-electron chi connectivity index (χ4n) is 1.33. The number of halogens is 1. The van der Waals surface area contributed by atoms with E-state index in [1.165, 1.54) is 25.7 Å². The number of aliphatic hydroxyl groups excluding tert-OH is 1. The predicted octanol–water partition coefficient (Wildman–Crippen LogP) is 3.49. The van der Waals surface area contributed by atoms with Gasteiger partial charge in [-0.3, -0.25) is 0 Å². The van der Waals surface area contributed by atoms with Gasteiger partial charge in [0.1, 0.15) is 0 Å². The molecule has 0 aromatic rings. The van der Waals surface area contributed by atoms with Crippen molar-refractivity contribution in [1.82, 2.24) is 0 Å². The summed E-state index contributed by atoms with van der Waals surface area (Å²) in [6.45, 7) is 6.72. The zero-order valence-electron chi connectivity index (χ0n) is 10.6. The van der Waals surface area contributed by atoms with Crippen LogP contribution in [-0.4, -0.2) is 41.1 Å². The van der Waals surface area contributed by atoms with E-state index in [1.807, 2.05) is 0 Å². The Morgan fingerprint density at radius 3 is 2.25 bits per heavy atom. The second-order valence-corrected chi connectivity index (χ2v) is 3.74. The molecule has 0 bridgehead atoms. The van der Waals surface area contributed by atoms with Crippen LogP contribution in [0.3, 0.4) is 0 Å². The molecule has 0 aliphatic carbocycles. The Morgan fingerprint density at radius 1 is 1.25 bits per heavy atom. The Hall–Kier alpha value is 1.17. The van der Waals surface area contributed by atoms with Crippen molar-refractivity contribution in [3.63, 3.8) is 0 Å². The number of hydrogen-bond donors (Lipinski definition) is 1. The standard InChI is InChI=1S/C7H15.C5H10O2.BrH.Mg/c1-3-5-7-6-4-2;6-5-3-1-2-4-7-5;;/h1,3-7H2,2H3;5-6H,1-4H2;1H;/q-1;;;+2. The van der Waals surface area contributed by atoms with Gasteiger partial charge in [0.05, 0.1) is 0 Å². The quantitative estimate of drug-likeness (QED) is 0.489. The van der Waals surface area contributed by atoms with Crippen molar-refractivity contribution in [1.29, 1.82) is 0 Å². The van der Waals surface area contributed by atoms with Crippen molar-refractivity contribution in [3.05, 3.63) is 6.92 Å². The summed E-state index contributed by atoms with van der Waals surface area (Å²) in [5.41, 5.74) is 0. The van der Waals surface area contributed by atoms with Crippen LogP contribution in [-0.2, 0) is 4.74 Å². The van der Waals surface area contributed by atoms with Crippen LogP contribution < -0.4 is 0 Å². The largest absolute Gasteiger partial charge is 2.00 e. The summed E-state index contributed by atoms with van der Waals surface area (Å²) in [4.78, 5) is 0. The van der Waals surface area contributed by atoms with Crippen molar-refractivity contribution in [2.24, 2.45) is 0 Å². The molecule has 0 aromatic heterocycles. The maximum Gasteiger partial charge on any atom is 2.00 e. The molecule has 1 fully saturated rings. The van der Waals surface area contributed by atoms with E-state index >= 15 is 0 Å². The monoisotopic (exact) mass is 305 g/mol. The summed E-state index contributed by atoms with van der Waals surface area (Å²) in [5.74, 6) is 0. The molecule has 1 heterocycles. The summed E-state index contributed by atoms with van der Waals surface area (Å²) < 4.78 is 4.83. The van der Waals surface area contributed by atoms with Crippen molar-refractivity contribution >= 4 is 40.0 Å². The van der Waals surface area contributed by atoms with Crippen molar-refractivity contribution < 1.29 is 9.84 Å². The molecule has 0 saturated carbocycles. The van der Waals surface area contributed by atoms with Gasteiger partial charge in [0.25, 0.3) is 0 Å². The van der Waals surface area contributed by atoms with Crippen LogP contribution in [0.4, 0.5) is 0 Å². The van der Waals surface area contributed by atoms with E-state index in [9.17, 15) is 0 Å². The zero-order valence-corrected chi connectivity index (χ0v) is 13.7. The number of ether oxygens (including phenoxy) is 1. The molecule has 16 heavy (non-hydrogen) atoms. The van der Waals surface area contributed by atoms with Crippen LogP contribution in [0.2, 0.25) is 0 Å². The molecule has 1 N–H and O–H groups in total. The Bertz CT molecular complexity index is 105. The second-order valence-electron chi connectivity index (χ2n) is 3.74. The molecule has 0 radical (unpaired) electrons. The predicted molar refractivity (Wildman–Crippen MR) is 76.0 cm³/mol. The van der Waals surface area contributed by atoms with Crippen molar-refractivity contribution in [3.8, 4) is 0 Å². The van der Waals surface area contributed by atoms with E-state index in [4.69, 9.17) is 9.84 Å². The topological polar surface area (TPSA) is 29.5 Å². The smallest absolute Gasteiger partial charge is 0.368 e. The molecule has 2 nitrogen and oxygen atoms in total. The van der Waals surface area contributed by atoms with E-state index in [0.29, 0.717) is 0 Å². The van der Waals surface area contributed by atoms with Gasteiger partial charge in [0.15, 0.2) is 6.29 Å². The molecule has 94 valence electrons. The Morgan fingerprint density at radius 2 is 1.94 bits per heavy atom. The summed E-state index contributed by atoms with van der Waals surface area (Å²) in [7, 11) is 0. The molecule has 1 unspecified atom stereocenters. The van der Waals surface area contributed by atoms with Crippen LogP contribution in [0, 0.1) is 6.92 Å². The first-order valence-electron chi connectivity index (χ1n) is 5.90. The molecule has 1 aliphatic heterocycles. The van der Waals surface area contributed by atoms with Crippen LogP contribution >= 0.6 is 17.0 Å². The zero-order chi connectivity index (χ0) is 10.6. The fraction of sp³-hybridized carbons (Fsp3) is 0.917.